The fourth-order valence-electron chi connectivity index (χ4n) is 4.51. The van der Waals surface area contributed by atoms with E-state index in [-0.39, 0.29) is 31.3 Å². The number of ether oxygens (including phenoxy) is 1. The van der Waals surface area contributed by atoms with Gasteiger partial charge in [0.25, 0.3) is 5.91 Å². The van der Waals surface area contributed by atoms with E-state index >= 15 is 0 Å². The van der Waals surface area contributed by atoms with Crippen LogP contribution in [-0.2, 0) is 33.7 Å². The fourth-order valence-corrected chi connectivity index (χ4v) is 4.51. The van der Waals surface area contributed by atoms with Crippen molar-refractivity contribution in [3.05, 3.63) is 95.1 Å². The average Bonchev–Trinajstić information content (AvgIpc) is 2.92. The van der Waals surface area contributed by atoms with E-state index in [9.17, 15) is 14.4 Å². The molecule has 1 aliphatic heterocycles. The average molecular weight is 500 g/mol. The first-order valence-corrected chi connectivity index (χ1v) is 12.8. The summed E-state index contributed by atoms with van der Waals surface area (Å²) in [7, 11) is 0. The van der Waals surface area contributed by atoms with Gasteiger partial charge in [-0.1, -0.05) is 54.6 Å². The van der Waals surface area contributed by atoms with Gasteiger partial charge in [0.2, 0.25) is 5.91 Å². The number of hydrogen-bond donors (Lipinski definition) is 2. The van der Waals surface area contributed by atoms with E-state index < -0.39 is 5.97 Å². The highest BCUT2D eigenvalue weighted by molar-refractivity contribution is 6.02. The van der Waals surface area contributed by atoms with E-state index in [1.165, 1.54) is 11.1 Å². The molecule has 4 rings (SSSR count). The highest BCUT2D eigenvalue weighted by atomic mass is 16.5. The van der Waals surface area contributed by atoms with Crippen LogP contribution >= 0.6 is 0 Å². The summed E-state index contributed by atoms with van der Waals surface area (Å²) in [6.07, 6.45) is 1.65. The van der Waals surface area contributed by atoms with Gasteiger partial charge in [-0.3, -0.25) is 14.4 Å². The molecule has 7 heteroatoms. The molecule has 37 heavy (non-hydrogen) atoms. The van der Waals surface area contributed by atoms with Crippen molar-refractivity contribution in [1.29, 1.82) is 0 Å². The molecule has 1 heterocycles. The van der Waals surface area contributed by atoms with E-state index in [0.717, 1.165) is 30.6 Å². The lowest BCUT2D eigenvalue weighted by atomic mass is 9.98. The molecular weight excluding hydrogens is 466 g/mol. The van der Waals surface area contributed by atoms with Gasteiger partial charge in [-0.15, -0.1) is 0 Å². The number of amides is 2. The molecule has 0 saturated heterocycles. The lowest BCUT2D eigenvalue weighted by Crippen LogP contribution is -2.33. The molecule has 1 aliphatic rings. The maximum absolute atomic E-state index is 13.4. The van der Waals surface area contributed by atoms with Crippen LogP contribution in [0.3, 0.4) is 0 Å². The third-order valence-electron chi connectivity index (χ3n) is 6.40. The molecule has 0 unspecified atom stereocenters. The van der Waals surface area contributed by atoms with Gasteiger partial charge in [0, 0.05) is 37.4 Å². The highest BCUT2D eigenvalue weighted by Crippen LogP contribution is 2.29. The first-order chi connectivity index (χ1) is 18.0. The molecule has 3 aromatic carbocycles. The summed E-state index contributed by atoms with van der Waals surface area (Å²) >= 11 is 0. The Labute approximate surface area is 217 Å². The zero-order chi connectivity index (χ0) is 26.0. The molecule has 0 atom stereocenters. The monoisotopic (exact) mass is 499 g/mol. The fraction of sp³-hybridized carbons (Fsp3) is 0.300. The first-order valence-electron chi connectivity index (χ1n) is 12.8. The maximum atomic E-state index is 13.4. The number of nitrogens with one attached hydrogen (secondary N) is 2. The summed E-state index contributed by atoms with van der Waals surface area (Å²) < 4.78 is 4.89. The minimum Gasteiger partial charge on any atom is -0.466 e. The van der Waals surface area contributed by atoms with Gasteiger partial charge in [0.1, 0.15) is 0 Å². The molecule has 192 valence electrons. The minimum atomic E-state index is -0.406. The molecule has 0 radical (unpaired) electrons. The van der Waals surface area contributed by atoms with E-state index in [4.69, 9.17) is 4.74 Å². The number of anilines is 2. The van der Waals surface area contributed by atoms with Gasteiger partial charge in [-0.2, -0.15) is 0 Å². The lowest BCUT2D eigenvalue weighted by Gasteiger charge is -2.32. The number of carbonyl (C=O) groups is 3. The van der Waals surface area contributed by atoms with Crippen LogP contribution in [0.1, 0.15) is 46.8 Å². The Balaban J connectivity index is 1.50. The molecule has 2 N–H and O–H groups in total. The SMILES string of the molecule is CCOC(=O)CCC(=O)Nc1ccc(N2CCc3ccccc3C2)c(C(=O)NCCc2ccccc2)c1. The van der Waals surface area contributed by atoms with Crippen molar-refractivity contribution >= 4 is 29.2 Å². The summed E-state index contributed by atoms with van der Waals surface area (Å²) in [6, 6.07) is 23.8. The first kappa shape index (κ1) is 25.9. The molecule has 0 fully saturated rings. The Morgan fingerprint density at radius 3 is 2.46 bits per heavy atom. The Kier molecular flexibility index (Phi) is 8.92. The smallest absolute Gasteiger partial charge is 0.306 e. The van der Waals surface area contributed by atoms with Crippen LogP contribution in [0.25, 0.3) is 0 Å². The molecule has 0 spiro atoms. The Bertz CT molecular complexity index is 1240. The second-order valence-electron chi connectivity index (χ2n) is 9.02. The standard InChI is InChI=1S/C30H33N3O4/c1-2-37-29(35)15-14-28(34)32-25-12-13-27(33-19-17-23-10-6-7-11-24(23)21-33)26(20-25)30(36)31-18-16-22-8-4-3-5-9-22/h3-13,20H,2,14-19,21H2,1H3,(H,31,36)(H,32,34). The van der Waals surface area contributed by atoms with Crippen molar-refractivity contribution in [3.63, 3.8) is 0 Å². The van der Waals surface area contributed by atoms with E-state index in [2.05, 4.69) is 33.7 Å². The van der Waals surface area contributed by atoms with Crippen molar-refractivity contribution in [1.82, 2.24) is 5.32 Å². The number of rotatable bonds is 10. The van der Waals surface area contributed by atoms with Crippen molar-refractivity contribution in [2.45, 2.75) is 39.2 Å². The Hall–Kier alpha value is -4.13. The van der Waals surface area contributed by atoms with Gasteiger partial charge in [-0.25, -0.2) is 0 Å². The third-order valence-corrected chi connectivity index (χ3v) is 6.40. The zero-order valence-electron chi connectivity index (χ0n) is 21.2. The van der Waals surface area contributed by atoms with Crippen LogP contribution < -0.4 is 15.5 Å². The van der Waals surface area contributed by atoms with Crippen LogP contribution in [0, 0.1) is 0 Å². The van der Waals surface area contributed by atoms with Gasteiger partial charge in [-0.05, 0) is 54.7 Å². The predicted molar refractivity (Wildman–Crippen MR) is 145 cm³/mol. The van der Waals surface area contributed by atoms with Crippen LogP contribution in [0.15, 0.2) is 72.8 Å². The maximum Gasteiger partial charge on any atom is 0.306 e. The summed E-state index contributed by atoms with van der Waals surface area (Å²) in [5.41, 5.74) is 5.59. The van der Waals surface area contributed by atoms with Gasteiger partial charge in [0.05, 0.1) is 18.6 Å². The number of benzene rings is 3. The highest BCUT2D eigenvalue weighted by Gasteiger charge is 2.22. The Morgan fingerprint density at radius 1 is 0.919 bits per heavy atom. The summed E-state index contributed by atoms with van der Waals surface area (Å²) in [5.74, 6) is -0.896. The largest absolute Gasteiger partial charge is 0.466 e. The van der Waals surface area contributed by atoms with Crippen molar-refractivity contribution < 1.29 is 19.1 Å². The molecule has 2 amide bonds. The second-order valence-corrected chi connectivity index (χ2v) is 9.02. The summed E-state index contributed by atoms with van der Waals surface area (Å²) in [5, 5.41) is 5.86. The quantitative estimate of drug-likeness (QED) is 0.401. The zero-order valence-corrected chi connectivity index (χ0v) is 21.2. The summed E-state index contributed by atoms with van der Waals surface area (Å²) in [6.45, 7) is 4.03. The molecule has 0 saturated carbocycles. The predicted octanol–water partition coefficient (Wildman–Crippen LogP) is 4.50. The van der Waals surface area contributed by atoms with Crippen LogP contribution in [0.2, 0.25) is 0 Å². The van der Waals surface area contributed by atoms with Crippen molar-refractivity contribution in [2.75, 3.05) is 29.9 Å². The lowest BCUT2D eigenvalue weighted by molar-refractivity contribution is -0.144. The van der Waals surface area contributed by atoms with Crippen LogP contribution in [0.4, 0.5) is 11.4 Å². The normalized spacial score (nSPS) is 12.4. The topological polar surface area (TPSA) is 87.7 Å². The van der Waals surface area contributed by atoms with Gasteiger partial charge < -0.3 is 20.3 Å². The Morgan fingerprint density at radius 2 is 1.68 bits per heavy atom. The van der Waals surface area contributed by atoms with Gasteiger partial charge >= 0.3 is 5.97 Å². The number of carbonyl (C=O) groups excluding carboxylic acids is 3. The molecule has 0 aromatic heterocycles. The van der Waals surface area contributed by atoms with E-state index in [0.29, 0.717) is 24.3 Å². The molecular formula is C30H33N3O4. The van der Waals surface area contributed by atoms with Crippen LogP contribution in [0.5, 0.6) is 0 Å². The molecule has 0 aliphatic carbocycles. The summed E-state index contributed by atoms with van der Waals surface area (Å²) in [4.78, 5) is 39.6. The van der Waals surface area contributed by atoms with Gasteiger partial charge in [0.15, 0.2) is 0 Å². The number of hydrogen-bond acceptors (Lipinski definition) is 5. The molecule has 0 bridgehead atoms. The second kappa shape index (κ2) is 12.7. The molecule has 7 nitrogen and oxygen atoms in total. The molecule has 3 aromatic rings. The van der Waals surface area contributed by atoms with Crippen molar-refractivity contribution in [3.8, 4) is 0 Å². The third kappa shape index (κ3) is 7.19. The van der Waals surface area contributed by atoms with E-state index in [1.54, 1.807) is 19.1 Å². The number of nitrogens with zero attached hydrogens (tertiary/aromatic N) is 1. The van der Waals surface area contributed by atoms with Crippen molar-refractivity contribution in [2.24, 2.45) is 0 Å². The minimum absolute atomic E-state index is 0.0117. The number of esters is 1. The van der Waals surface area contributed by atoms with E-state index in [1.807, 2.05) is 42.5 Å². The number of fused-ring (bicyclic) bond motifs is 1. The van der Waals surface area contributed by atoms with Crippen LogP contribution in [-0.4, -0.2) is 37.5 Å².